The third kappa shape index (κ3) is 2.42. The second-order valence-electron chi connectivity index (χ2n) is 4.45. The third-order valence-electron chi connectivity index (χ3n) is 2.89. The Kier molecular flexibility index (Phi) is 2.72. The van der Waals surface area contributed by atoms with Crippen molar-refractivity contribution in [2.24, 2.45) is 10.7 Å². The highest BCUT2D eigenvalue weighted by atomic mass is 32.1. The fraction of sp³-hybridized carbons (Fsp3) is 0.250. The van der Waals surface area contributed by atoms with Crippen LogP contribution in [-0.4, -0.2) is 27.6 Å². The summed E-state index contributed by atoms with van der Waals surface area (Å²) >= 11 is 1.38. The molecule has 7 heteroatoms. The summed E-state index contributed by atoms with van der Waals surface area (Å²) in [5, 5.41) is 12.4. The van der Waals surface area contributed by atoms with Crippen LogP contribution in [0.4, 0.5) is 5.13 Å². The average molecular weight is 276 g/mol. The predicted octanol–water partition coefficient (Wildman–Crippen LogP) is 0.884. The van der Waals surface area contributed by atoms with Crippen LogP contribution in [0.25, 0.3) is 10.2 Å². The number of benzene rings is 1. The van der Waals surface area contributed by atoms with Crippen molar-refractivity contribution in [3.05, 3.63) is 24.3 Å². The molecular formula is C12H12N4O2S. The molecule has 1 aliphatic carbocycles. The van der Waals surface area contributed by atoms with Gasteiger partial charge in [-0.1, -0.05) is 23.5 Å². The Bertz CT molecular complexity index is 642. The first-order valence-corrected chi connectivity index (χ1v) is 6.62. The van der Waals surface area contributed by atoms with E-state index in [0.717, 1.165) is 10.2 Å². The summed E-state index contributed by atoms with van der Waals surface area (Å²) in [5.41, 5.74) is 5.21. The number of aliphatic imine (C=N–C) groups is 1. The fourth-order valence-electron chi connectivity index (χ4n) is 1.62. The number of thiazole rings is 1. The van der Waals surface area contributed by atoms with E-state index in [1.165, 1.54) is 11.3 Å². The van der Waals surface area contributed by atoms with Crippen LogP contribution in [0.1, 0.15) is 12.8 Å². The number of amides is 1. The van der Waals surface area contributed by atoms with Crippen molar-refractivity contribution in [3.8, 4) is 0 Å². The van der Waals surface area contributed by atoms with E-state index in [4.69, 9.17) is 5.73 Å². The zero-order valence-electron chi connectivity index (χ0n) is 9.96. The van der Waals surface area contributed by atoms with Gasteiger partial charge in [0.15, 0.2) is 0 Å². The second kappa shape index (κ2) is 4.29. The molecule has 1 aliphatic rings. The normalized spacial score (nSPS) is 17.4. The van der Waals surface area contributed by atoms with E-state index < -0.39 is 11.5 Å². The van der Waals surface area contributed by atoms with Gasteiger partial charge in [0, 0.05) is 0 Å². The highest BCUT2D eigenvalue weighted by Gasteiger charge is 2.48. The number of carbonyl (C=O) groups excluding carboxylic acids is 1. The minimum absolute atomic E-state index is 0.0515. The quantitative estimate of drug-likeness (QED) is 0.560. The Morgan fingerprint density at radius 1 is 1.47 bits per heavy atom. The van der Waals surface area contributed by atoms with Gasteiger partial charge in [-0.2, -0.15) is 4.99 Å². The lowest BCUT2D eigenvalue weighted by Gasteiger charge is -2.07. The van der Waals surface area contributed by atoms with Crippen molar-refractivity contribution in [2.75, 3.05) is 0 Å². The van der Waals surface area contributed by atoms with E-state index >= 15 is 0 Å². The summed E-state index contributed by atoms with van der Waals surface area (Å²) < 4.78 is 1.00. The topological polar surface area (TPSA) is 101 Å². The van der Waals surface area contributed by atoms with E-state index in [0.29, 0.717) is 18.0 Å². The molecule has 19 heavy (non-hydrogen) atoms. The van der Waals surface area contributed by atoms with Crippen LogP contribution in [0.5, 0.6) is 0 Å². The van der Waals surface area contributed by atoms with Gasteiger partial charge in [-0.05, 0) is 25.0 Å². The van der Waals surface area contributed by atoms with Crippen LogP contribution in [-0.2, 0) is 4.79 Å². The molecule has 0 atom stereocenters. The lowest BCUT2D eigenvalue weighted by atomic mass is 10.3. The Morgan fingerprint density at radius 3 is 2.89 bits per heavy atom. The molecule has 1 aromatic carbocycles. The van der Waals surface area contributed by atoms with E-state index in [2.05, 4.69) is 15.3 Å². The molecule has 1 aromatic heterocycles. The number of para-hydroxylation sites is 1. The molecule has 4 N–H and O–H groups in total. The Morgan fingerprint density at radius 2 is 2.21 bits per heavy atom. The van der Waals surface area contributed by atoms with E-state index in [1.807, 2.05) is 24.3 Å². The lowest BCUT2D eigenvalue weighted by molar-refractivity contribution is -0.129. The Hall–Kier alpha value is -1.99. The second-order valence-corrected chi connectivity index (χ2v) is 5.46. The van der Waals surface area contributed by atoms with Gasteiger partial charge in [-0.3, -0.25) is 10.1 Å². The minimum atomic E-state index is -1.26. The molecule has 0 spiro atoms. The van der Waals surface area contributed by atoms with Crippen molar-refractivity contribution >= 4 is 38.6 Å². The molecule has 98 valence electrons. The summed E-state index contributed by atoms with van der Waals surface area (Å²) in [6, 6.07) is 7.63. The van der Waals surface area contributed by atoms with Crippen LogP contribution in [0.3, 0.4) is 0 Å². The Labute approximate surface area is 113 Å². The van der Waals surface area contributed by atoms with Gasteiger partial charge in [0.2, 0.25) is 11.1 Å². The first kappa shape index (κ1) is 12.1. The van der Waals surface area contributed by atoms with Gasteiger partial charge in [0.1, 0.15) is 5.60 Å². The van der Waals surface area contributed by atoms with Crippen LogP contribution >= 0.6 is 11.3 Å². The highest BCUT2D eigenvalue weighted by molar-refractivity contribution is 7.22. The molecule has 1 heterocycles. The zero-order valence-corrected chi connectivity index (χ0v) is 10.8. The first-order valence-electron chi connectivity index (χ1n) is 5.80. The number of hydrogen-bond acceptors (Lipinski definition) is 5. The number of hydrogen-bond donors (Lipinski definition) is 3. The van der Waals surface area contributed by atoms with Gasteiger partial charge in [0.05, 0.1) is 10.2 Å². The number of fused-ring (bicyclic) bond motifs is 1. The van der Waals surface area contributed by atoms with Crippen LogP contribution < -0.4 is 11.1 Å². The van der Waals surface area contributed by atoms with Gasteiger partial charge < -0.3 is 10.8 Å². The van der Waals surface area contributed by atoms with Gasteiger partial charge in [-0.25, -0.2) is 4.98 Å². The largest absolute Gasteiger partial charge is 0.380 e. The van der Waals surface area contributed by atoms with E-state index in [-0.39, 0.29) is 5.96 Å². The summed E-state index contributed by atoms with van der Waals surface area (Å²) in [4.78, 5) is 19.9. The lowest BCUT2D eigenvalue weighted by Crippen LogP contribution is -2.43. The number of nitrogens with two attached hydrogens (primary N) is 1. The van der Waals surface area contributed by atoms with Crippen molar-refractivity contribution in [2.45, 2.75) is 18.4 Å². The maximum absolute atomic E-state index is 11.6. The number of rotatable bonds is 2. The number of guanidine groups is 1. The molecule has 2 aromatic rings. The first-order chi connectivity index (χ1) is 9.07. The number of aliphatic hydroxyl groups is 1. The molecule has 0 radical (unpaired) electrons. The van der Waals surface area contributed by atoms with Gasteiger partial charge in [-0.15, -0.1) is 0 Å². The number of nitrogens with zero attached hydrogens (tertiary/aromatic N) is 2. The van der Waals surface area contributed by atoms with Crippen molar-refractivity contribution in [1.82, 2.24) is 10.3 Å². The van der Waals surface area contributed by atoms with Crippen molar-refractivity contribution in [1.29, 1.82) is 0 Å². The zero-order chi connectivity index (χ0) is 13.5. The SMILES string of the molecule is NC(=Nc1nc2ccccc2s1)NC(=O)C1(O)CC1. The standard InChI is InChI=1S/C12H12N4O2S/c13-10(15-9(17)12(18)5-6-12)16-11-14-7-3-1-2-4-8(7)19-11/h1-4,18H,5-6H2,(H3,13,14,15,16,17). The van der Waals surface area contributed by atoms with Crippen LogP contribution in [0.2, 0.25) is 0 Å². The van der Waals surface area contributed by atoms with Gasteiger partial charge in [0.25, 0.3) is 5.91 Å². The average Bonchev–Trinajstić information content (AvgIpc) is 2.99. The third-order valence-corrected chi connectivity index (χ3v) is 3.82. The highest BCUT2D eigenvalue weighted by Crippen LogP contribution is 2.35. The molecule has 0 bridgehead atoms. The smallest absolute Gasteiger partial charge is 0.258 e. The molecule has 1 fully saturated rings. The summed E-state index contributed by atoms with van der Waals surface area (Å²) in [7, 11) is 0. The predicted molar refractivity (Wildman–Crippen MR) is 73.2 cm³/mol. The number of carbonyl (C=O) groups is 1. The summed E-state index contributed by atoms with van der Waals surface area (Å²) in [5.74, 6) is -0.556. The maximum atomic E-state index is 11.6. The molecule has 1 saturated carbocycles. The molecule has 6 nitrogen and oxygen atoms in total. The fourth-order valence-corrected chi connectivity index (χ4v) is 2.47. The molecule has 0 aliphatic heterocycles. The molecule has 0 saturated heterocycles. The van der Waals surface area contributed by atoms with Crippen LogP contribution in [0, 0.1) is 0 Å². The number of nitrogens with one attached hydrogen (secondary N) is 1. The molecular weight excluding hydrogens is 264 g/mol. The van der Waals surface area contributed by atoms with E-state index in [1.54, 1.807) is 0 Å². The minimum Gasteiger partial charge on any atom is -0.380 e. The Balaban J connectivity index is 1.78. The van der Waals surface area contributed by atoms with E-state index in [9.17, 15) is 9.90 Å². The molecule has 0 unspecified atom stereocenters. The molecule has 3 rings (SSSR count). The monoisotopic (exact) mass is 276 g/mol. The van der Waals surface area contributed by atoms with Crippen molar-refractivity contribution < 1.29 is 9.90 Å². The van der Waals surface area contributed by atoms with Crippen LogP contribution in [0.15, 0.2) is 29.3 Å². The summed E-state index contributed by atoms with van der Waals surface area (Å²) in [6.45, 7) is 0. The van der Waals surface area contributed by atoms with Crippen molar-refractivity contribution in [3.63, 3.8) is 0 Å². The van der Waals surface area contributed by atoms with Gasteiger partial charge >= 0.3 is 0 Å². The molecule has 1 amide bonds. The summed E-state index contributed by atoms with van der Waals surface area (Å²) in [6.07, 6.45) is 0.931. The number of aromatic nitrogens is 1. The maximum Gasteiger partial charge on any atom is 0.258 e.